The summed E-state index contributed by atoms with van der Waals surface area (Å²) in [7, 11) is 0. The number of carboxylic acids is 1. The summed E-state index contributed by atoms with van der Waals surface area (Å²) < 4.78 is 6.13. The lowest BCUT2D eigenvalue weighted by Gasteiger charge is -2.62. The van der Waals surface area contributed by atoms with Crippen LogP contribution in [-0.2, 0) is 14.3 Å². The van der Waals surface area contributed by atoms with E-state index in [1.54, 1.807) is 0 Å². The second kappa shape index (κ2) is 9.78. The molecule has 0 aromatic carbocycles. The zero-order valence-electron chi connectivity index (χ0n) is 25.2. The number of aliphatic hydroxyl groups excluding tert-OH is 1. The van der Waals surface area contributed by atoms with Crippen LogP contribution in [0.25, 0.3) is 0 Å². The molecule has 4 aliphatic carbocycles. The summed E-state index contributed by atoms with van der Waals surface area (Å²) in [4.78, 5) is 25.2. The van der Waals surface area contributed by atoms with E-state index in [1.807, 2.05) is 0 Å². The minimum atomic E-state index is -0.739. The van der Waals surface area contributed by atoms with Crippen LogP contribution in [0.5, 0.6) is 0 Å². The van der Waals surface area contributed by atoms with Crippen molar-refractivity contribution < 1.29 is 24.5 Å². The van der Waals surface area contributed by atoms with Crippen molar-refractivity contribution in [1.82, 2.24) is 0 Å². The Kier molecular flexibility index (Phi) is 7.56. The number of fused-ring (bicyclic) bond motifs is 4. The third kappa shape index (κ3) is 4.21. The van der Waals surface area contributed by atoms with Crippen LogP contribution in [0.1, 0.15) is 113 Å². The van der Waals surface area contributed by atoms with E-state index < -0.39 is 17.3 Å². The van der Waals surface area contributed by atoms with E-state index >= 15 is 0 Å². The number of aliphatic hydroxyl groups is 1. The molecule has 2 saturated carbocycles. The first-order chi connectivity index (χ1) is 17.5. The van der Waals surface area contributed by atoms with Gasteiger partial charge in [-0.2, -0.15) is 0 Å². The molecule has 0 amide bonds. The van der Waals surface area contributed by atoms with E-state index in [2.05, 4.69) is 55.0 Å². The number of allylic oxidation sites excluding steroid dienone is 2. The lowest BCUT2D eigenvalue weighted by atomic mass is 9.43. The van der Waals surface area contributed by atoms with Crippen molar-refractivity contribution in [3.05, 3.63) is 23.3 Å². The average molecular weight is 529 g/mol. The fraction of sp³-hybridized carbons (Fsp3) is 0.818. The number of carboxylic acid groups (broad SMARTS) is 1. The molecule has 0 saturated heterocycles. The maximum absolute atomic E-state index is 12.8. The first-order valence-electron chi connectivity index (χ1n) is 15.0. The van der Waals surface area contributed by atoms with Crippen LogP contribution < -0.4 is 0 Å². The van der Waals surface area contributed by atoms with E-state index in [-0.39, 0.29) is 40.3 Å². The molecular formula is C33H52O5. The summed E-state index contributed by atoms with van der Waals surface area (Å²) in [6, 6.07) is 0. The van der Waals surface area contributed by atoms with Gasteiger partial charge < -0.3 is 14.9 Å². The molecule has 0 heterocycles. The first kappa shape index (κ1) is 29.4. The Balaban J connectivity index is 1.79. The van der Waals surface area contributed by atoms with Gasteiger partial charge in [0.1, 0.15) is 6.10 Å². The van der Waals surface area contributed by atoms with Crippen molar-refractivity contribution in [2.45, 2.75) is 125 Å². The molecule has 4 aliphatic rings. The van der Waals surface area contributed by atoms with E-state index in [9.17, 15) is 19.8 Å². The van der Waals surface area contributed by atoms with E-state index in [0.717, 1.165) is 44.1 Å². The van der Waals surface area contributed by atoms with E-state index in [1.165, 1.54) is 18.1 Å². The van der Waals surface area contributed by atoms with Crippen LogP contribution in [-0.4, -0.2) is 34.4 Å². The van der Waals surface area contributed by atoms with Gasteiger partial charge in [-0.1, -0.05) is 71.8 Å². The van der Waals surface area contributed by atoms with Crippen molar-refractivity contribution in [1.29, 1.82) is 0 Å². The maximum Gasteiger partial charge on any atom is 0.306 e. The molecule has 0 aromatic rings. The Morgan fingerprint density at radius 3 is 2.29 bits per heavy atom. The third-order valence-electron chi connectivity index (χ3n) is 12.5. The van der Waals surface area contributed by atoms with Gasteiger partial charge in [0.2, 0.25) is 0 Å². The fourth-order valence-corrected chi connectivity index (χ4v) is 9.83. The Labute approximate surface area is 230 Å². The number of esters is 1. The molecular weight excluding hydrogens is 476 g/mol. The number of ether oxygens (including phenoxy) is 1. The van der Waals surface area contributed by atoms with Crippen LogP contribution in [0, 0.1) is 45.3 Å². The molecule has 2 N–H and O–H groups in total. The highest BCUT2D eigenvalue weighted by molar-refractivity contribution is 5.71. The summed E-state index contributed by atoms with van der Waals surface area (Å²) in [5.41, 5.74) is 3.25. The molecule has 5 heteroatoms. The summed E-state index contributed by atoms with van der Waals surface area (Å²) in [5, 5.41) is 21.4. The molecule has 214 valence electrons. The van der Waals surface area contributed by atoms with Gasteiger partial charge in [0.25, 0.3) is 0 Å². The predicted molar refractivity (Wildman–Crippen MR) is 150 cm³/mol. The fourth-order valence-electron chi connectivity index (χ4n) is 9.83. The Bertz CT molecular complexity index is 1020. The summed E-state index contributed by atoms with van der Waals surface area (Å²) >= 11 is 0. The molecule has 0 radical (unpaired) electrons. The highest BCUT2D eigenvalue weighted by Crippen LogP contribution is 2.73. The van der Waals surface area contributed by atoms with Gasteiger partial charge in [0, 0.05) is 12.3 Å². The minimum Gasteiger partial charge on any atom is -0.481 e. The molecule has 8 atom stereocenters. The first-order valence-corrected chi connectivity index (χ1v) is 15.0. The zero-order chi connectivity index (χ0) is 28.4. The second-order valence-corrected chi connectivity index (χ2v) is 14.7. The van der Waals surface area contributed by atoms with Crippen LogP contribution in [0.15, 0.2) is 23.3 Å². The normalized spacial score (nSPS) is 40.7. The number of carbonyl (C=O) groups excluding carboxylic acids is 1. The molecule has 0 aromatic heterocycles. The Morgan fingerprint density at radius 2 is 1.71 bits per heavy atom. The molecule has 5 nitrogen and oxygen atoms in total. The lowest BCUT2D eigenvalue weighted by molar-refractivity contribution is -0.154. The number of carbonyl (C=O) groups is 2. The van der Waals surface area contributed by atoms with Gasteiger partial charge in [0.05, 0.1) is 12.0 Å². The predicted octanol–water partition coefficient (Wildman–Crippen LogP) is 7.33. The van der Waals surface area contributed by atoms with Gasteiger partial charge >= 0.3 is 11.9 Å². The molecule has 0 spiro atoms. The minimum absolute atomic E-state index is 0.0146. The average Bonchev–Trinajstić information content (AvgIpc) is 3.03. The standard InChI is InChI=1S/C33H52O5/c1-19(2)20(3)10-11-22(29(36)37)25-18-28(38-21(4)34)33(9)24-12-13-26-30(5,6)27(35)15-16-31(26,7)23(24)14-17-32(25,33)8/h19,22,25-28,35H,3,10-18H2,1-2,4-9H3,(H,36,37)/t22-,25?,26?,27+,28+,31?,32?,33-/m1/s1. The van der Waals surface area contributed by atoms with Gasteiger partial charge in [-0.3, -0.25) is 9.59 Å². The monoisotopic (exact) mass is 528 g/mol. The summed E-state index contributed by atoms with van der Waals surface area (Å²) in [5.74, 6) is -0.847. The van der Waals surface area contributed by atoms with Crippen LogP contribution in [0.2, 0.25) is 0 Å². The number of hydrogen-bond acceptors (Lipinski definition) is 4. The molecule has 38 heavy (non-hydrogen) atoms. The molecule has 2 fully saturated rings. The smallest absolute Gasteiger partial charge is 0.306 e. The van der Waals surface area contributed by atoms with E-state index in [0.29, 0.717) is 31.1 Å². The van der Waals surface area contributed by atoms with Crippen molar-refractivity contribution in [2.75, 3.05) is 0 Å². The van der Waals surface area contributed by atoms with Crippen molar-refractivity contribution in [3.63, 3.8) is 0 Å². The highest BCUT2D eigenvalue weighted by Gasteiger charge is 2.68. The van der Waals surface area contributed by atoms with Gasteiger partial charge in [-0.15, -0.1) is 0 Å². The molecule has 4 rings (SSSR count). The topological polar surface area (TPSA) is 83.8 Å². The van der Waals surface area contributed by atoms with Gasteiger partial charge in [-0.05, 0) is 91.8 Å². The molecule has 4 unspecified atom stereocenters. The zero-order valence-corrected chi connectivity index (χ0v) is 25.2. The van der Waals surface area contributed by atoms with E-state index in [4.69, 9.17) is 4.74 Å². The number of rotatable bonds is 7. The lowest BCUT2D eigenvalue weighted by Crippen LogP contribution is -2.56. The van der Waals surface area contributed by atoms with Crippen molar-refractivity contribution >= 4 is 11.9 Å². The van der Waals surface area contributed by atoms with Crippen molar-refractivity contribution in [3.8, 4) is 0 Å². The van der Waals surface area contributed by atoms with Crippen LogP contribution >= 0.6 is 0 Å². The van der Waals surface area contributed by atoms with Crippen molar-refractivity contribution in [2.24, 2.45) is 45.3 Å². The SMILES string of the molecule is C=C(CC[C@@H](C(=O)O)C1C[C@H](OC(C)=O)[C@@]2(C)C3=C(CCC12C)C1(C)CC[C@H](O)C(C)(C)C1CC3)C(C)C. The maximum atomic E-state index is 12.8. The highest BCUT2D eigenvalue weighted by atomic mass is 16.5. The molecule has 0 bridgehead atoms. The summed E-state index contributed by atoms with van der Waals surface area (Å²) in [6.45, 7) is 21.4. The Morgan fingerprint density at radius 1 is 1.05 bits per heavy atom. The number of aliphatic carboxylic acids is 1. The second-order valence-electron chi connectivity index (χ2n) is 14.7. The Hall–Kier alpha value is -1.62. The number of hydrogen-bond donors (Lipinski definition) is 2. The quantitative estimate of drug-likeness (QED) is 0.267. The van der Waals surface area contributed by atoms with Gasteiger partial charge in [-0.25, -0.2) is 0 Å². The largest absolute Gasteiger partial charge is 0.481 e. The van der Waals surface area contributed by atoms with Gasteiger partial charge in [0.15, 0.2) is 0 Å². The van der Waals surface area contributed by atoms with Crippen LogP contribution in [0.4, 0.5) is 0 Å². The molecule has 0 aliphatic heterocycles. The third-order valence-corrected chi connectivity index (χ3v) is 12.5. The summed E-state index contributed by atoms with van der Waals surface area (Å²) in [6.07, 6.45) is 6.88. The van der Waals surface area contributed by atoms with Crippen LogP contribution in [0.3, 0.4) is 0 Å².